The number of hydrogen-bond donors (Lipinski definition) is 1. The minimum Gasteiger partial charge on any atom is -0.385 e. The smallest absolute Gasteiger partial charge is 0.0643 e. The summed E-state index contributed by atoms with van der Waals surface area (Å²) in [6.07, 6.45) is 2.33. The lowest BCUT2D eigenvalue weighted by Gasteiger charge is -2.22. The van der Waals surface area contributed by atoms with Crippen LogP contribution in [-0.2, 0) is 6.42 Å². The number of halogens is 1. The van der Waals surface area contributed by atoms with Gasteiger partial charge in [-0.3, -0.25) is 0 Å². The molecule has 1 aromatic carbocycles. The largest absolute Gasteiger partial charge is 0.385 e. The molecule has 0 spiro atoms. The first-order chi connectivity index (χ1) is 6.68. The van der Waals surface area contributed by atoms with Crippen LogP contribution in [0.25, 0.3) is 0 Å². The number of fused-ring (bicyclic) bond motifs is 1. The van der Waals surface area contributed by atoms with Crippen molar-refractivity contribution in [2.45, 2.75) is 12.8 Å². The summed E-state index contributed by atoms with van der Waals surface area (Å²) in [5.74, 6) is 0. The first-order valence-corrected chi connectivity index (χ1v) is 5.30. The van der Waals surface area contributed by atoms with E-state index in [0.29, 0.717) is 0 Å². The molecule has 0 aliphatic carbocycles. The van der Waals surface area contributed by atoms with E-state index in [0.717, 1.165) is 23.7 Å². The third-order valence-corrected chi connectivity index (χ3v) is 2.90. The van der Waals surface area contributed by atoms with Crippen LogP contribution in [0.2, 0.25) is 5.02 Å². The standard InChI is InChI=1S/C11H15ClN2/c1-14(2)11-7-10-8(6-9(11)12)4-3-5-13-10/h6-7,13H,3-5H2,1-2H3. The molecule has 0 fully saturated rings. The van der Waals surface area contributed by atoms with E-state index < -0.39 is 0 Å². The second kappa shape index (κ2) is 3.70. The van der Waals surface area contributed by atoms with Crippen LogP contribution in [0, 0.1) is 0 Å². The number of benzene rings is 1. The molecule has 0 aromatic heterocycles. The van der Waals surface area contributed by atoms with Gasteiger partial charge in [0.25, 0.3) is 0 Å². The summed E-state index contributed by atoms with van der Waals surface area (Å²) in [5.41, 5.74) is 3.66. The Morgan fingerprint density at radius 3 is 2.86 bits per heavy atom. The van der Waals surface area contributed by atoms with Gasteiger partial charge >= 0.3 is 0 Å². The Hall–Kier alpha value is -0.890. The fourth-order valence-electron chi connectivity index (χ4n) is 1.82. The van der Waals surface area contributed by atoms with Gasteiger partial charge in [-0.05, 0) is 30.5 Å². The van der Waals surface area contributed by atoms with Crippen LogP contribution in [0.15, 0.2) is 12.1 Å². The van der Waals surface area contributed by atoms with Gasteiger partial charge in [-0.1, -0.05) is 11.6 Å². The Balaban J connectivity index is 2.45. The van der Waals surface area contributed by atoms with Gasteiger partial charge in [-0.25, -0.2) is 0 Å². The van der Waals surface area contributed by atoms with Gasteiger partial charge in [-0.2, -0.15) is 0 Å². The number of nitrogens with one attached hydrogen (secondary N) is 1. The summed E-state index contributed by atoms with van der Waals surface area (Å²) >= 11 is 6.19. The number of aryl methyl sites for hydroxylation is 1. The SMILES string of the molecule is CN(C)c1cc2c(cc1Cl)CCCN2. The molecule has 1 N–H and O–H groups in total. The highest BCUT2D eigenvalue weighted by Gasteiger charge is 2.12. The Morgan fingerprint density at radius 2 is 2.14 bits per heavy atom. The van der Waals surface area contributed by atoms with Crippen LogP contribution in [0.1, 0.15) is 12.0 Å². The molecule has 2 nitrogen and oxygen atoms in total. The summed E-state index contributed by atoms with van der Waals surface area (Å²) in [6, 6.07) is 4.22. The highest BCUT2D eigenvalue weighted by atomic mass is 35.5. The Labute approximate surface area is 89.9 Å². The van der Waals surface area contributed by atoms with E-state index >= 15 is 0 Å². The molecule has 0 atom stereocenters. The number of hydrogen-bond acceptors (Lipinski definition) is 2. The molecule has 0 amide bonds. The molecule has 1 aromatic rings. The summed E-state index contributed by atoms with van der Waals surface area (Å²) in [5, 5.41) is 4.24. The van der Waals surface area contributed by atoms with Gasteiger partial charge in [0.15, 0.2) is 0 Å². The molecule has 0 saturated heterocycles. The van der Waals surface area contributed by atoms with E-state index in [1.165, 1.54) is 17.7 Å². The maximum Gasteiger partial charge on any atom is 0.0643 e. The van der Waals surface area contributed by atoms with Crippen LogP contribution in [-0.4, -0.2) is 20.6 Å². The Kier molecular flexibility index (Phi) is 2.55. The fourth-order valence-corrected chi connectivity index (χ4v) is 2.17. The zero-order valence-electron chi connectivity index (χ0n) is 8.60. The van der Waals surface area contributed by atoms with E-state index in [9.17, 15) is 0 Å². The van der Waals surface area contributed by atoms with Crippen molar-refractivity contribution < 1.29 is 0 Å². The molecule has 0 saturated carbocycles. The van der Waals surface area contributed by atoms with Gasteiger partial charge in [0.2, 0.25) is 0 Å². The first-order valence-electron chi connectivity index (χ1n) is 4.92. The van der Waals surface area contributed by atoms with E-state index in [2.05, 4.69) is 17.4 Å². The molecule has 3 heteroatoms. The van der Waals surface area contributed by atoms with Crippen molar-refractivity contribution in [1.29, 1.82) is 0 Å². The van der Waals surface area contributed by atoms with Crippen LogP contribution in [0.3, 0.4) is 0 Å². The summed E-state index contributed by atoms with van der Waals surface area (Å²) in [4.78, 5) is 2.04. The van der Waals surface area contributed by atoms with Crippen LogP contribution < -0.4 is 10.2 Å². The third kappa shape index (κ3) is 1.67. The van der Waals surface area contributed by atoms with Crippen molar-refractivity contribution in [3.05, 3.63) is 22.7 Å². The van der Waals surface area contributed by atoms with E-state index in [1.807, 2.05) is 19.0 Å². The molecular formula is C11H15ClN2. The van der Waals surface area contributed by atoms with Gasteiger partial charge < -0.3 is 10.2 Å². The molecule has 0 bridgehead atoms. The lowest BCUT2D eigenvalue weighted by atomic mass is 10.0. The topological polar surface area (TPSA) is 15.3 Å². The monoisotopic (exact) mass is 210 g/mol. The Morgan fingerprint density at radius 1 is 1.36 bits per heavy atom. The van der Waals surface area contributed by atoms with Gasteiger partial charge in [0.05, 0.1) is 10.7 Å². The lowest BCUT2D eigenvalue weighted by molar-refractivity contribution is 0.830. The normalized spacial score (nSPS) is 14.5. The fraction of sp³-hybridized carbons (Fsp3) is 0.455. The molecule has 14 heavy (non-hydrogen) atoms. The lowest BCUT2D eigenvalue weighted by Crippen LogP contribution is -2.14. The number of nitrogens with zero attached hydrogens (tertiary/aromatic N) is 1. The van der Waals surface area contributed by atoms with Gasteiger partial charge in [-0.15, -0.1) is 0 Å². The van der Waals surface area contributed by atoms with Crippen molar-refractivity contribution in [2.24, 2.45) is 0 Å². The predicted octanol–water partition coefficient (Wildman–Crippen LogP) is 2.76. The zero-order valence-corrected chi connectivity index (χ0v) is 9.36. The molecule has 0 unspecified atom stereocenters. The molecule has 1 aliphatic heterocycles. The van der Waals surface area contributed by atoms with Crippen molar-refractivity contribution >= 4 is 23.0 Å². The van der Waals surface area contributed by atoms with Crippen LogP contribution in [0.4, 0.5) is 11.4 Å². The van der Waals surface area contributed by atoms with E-state index in [4.69, 9.17) is 11.6 Å². The molecule has 2 rings (SSSR count). The second-order valence-corrected chi connectivity index (χ2v) is 4.29. The third-order valence-electron chi connectivity index (χ3n) is 2.59. The minimum absolute atomic E-state index is 0.845. The Bertz CT molecular complexity index is 347. The summed E-state index contributed by atoms with van der Waals surface area (Å²) in [6.45, 7) is 1.07. The first kappa shape index (κ1) is 9.66. The highest BCUT2D eigenvalue weighted by molar-refractivity contribution is 6.33. The zero-order chi connectivity index (χ0) is 10.1. The quantitative estimate of drug-likeness (QED) is 0.767. The van der Waals surface area contributed by atoms with E-state index in [1.54, 1.807) is 0 Å². The second-order valence-electron chi connectivity index (χ2n) is 3.89. The number of rotatable bonds is 1. The maximum absolute atomic E-state index is 6.19. The molecular weight excluding hydrogens is 196 g/mol. The van der Waals surface area contributed by atoms with Crippen molar-refractivity contribution in [3.63, 3.8) is 0 Å². The van der Waals surface area contributed by atoms with Gasteiger partial charge in [0.1, 0.15) is 0 Å². The maximum atomic E-state index is 6.19. The average molecular weight is 211 g/mol. The van der Waals surface area contributed by atoms with Crippen molar-refractivity contribution in [3.8, 4) is 0 Å². The molecule has 1 aliphatic rings. The number of anilines is 2. The average Bonchev–Trinajstić information content (AvgIpc) is 2.16. The molecule has 1 heterocycles. The predicted molar refractivity (Wildman–Crippen MR) is 62.6 cm³/mol. The van der Waals surface area contributed by atoms with Crippen molar-refractivity contribution in [2.75, 3.05) is 30.9 Å². The summed E-state index contributed by atoms with van der Waals surface area (Å²) in [7, 11) is 4.02. The van der Waals surface area contributed by atoms with Gasteiger partial charge in [0, 0.05) is 26.3 Å². The highest BCUT2D eigenvalue weighted by Crippen LogP contribution is 2.33. The van der Waals surface area contributed by atoms with Crippen molar-refractivity contribution in [1.82, 2.24) is 0 Å². The minimum atomic E-state index is 0.845. The summed E-state index contributed by atoms with van der Waals surface area (Å²) < 4.78 is 0. The molecule has 76 valence electrons. The molecule has 0 radical (unpaired) electrons. The van der Waals surface area contributed by atoms with E-state index in [-0.39, 0.29) is 0 Å². The van der Waals surface area contributed by atoms with Crippen LogP contribution in [0.5, 0.6) is 0 Å². The van der Waals surface area contributed by atoms with Crippen LogP contribution >= 0.6 is 11.6 Å².